The van der Waals surface area contributed by atoms with Crippen molar-refractivity contribution in [1.82, 2.24) is 15.5 Å². The highest BCUT2D eigenvalue weighted by Gasteiger charge is 2.72. The lowest BCUT2D eigenvalue weighted by atomic mass is 9.68. The normalized spacial score (nSPS) is 31.9. The summed E-state index contributed by atoms with van der Waals surface area (Å²) in [6, 6.07) is 0. The Morgan fingerprint density at radius 1 is 1.18 bits per heavy atom. The molecule has 2 N–H and O–H groups in total. The molecule has 2 aliphatic heterocycles. The van der Waals surface area contributed by atoms with E-state index in [1.54, 1.807) is 39.8 Å². The molecule has 1 spiro atoms. The van der Waals surface area contributed by atoms with Crippen LogP contribution in [0.5, 0.6) is 0 Å². The number of hydrogen-bond acceptors (Lipinski definition) is 9. The summed E-state index contributed by atoms with van der Waals surface area (Å²) in [5.74, 6) is -0.598. The van der Waals surface area contributed by atoms with Gasteiger partial charge in [-0.25, -0.2) is 9.59 Å². The molecule has 0 aromatic rings. The van der Waals surface area contributed by atoms with Gasteiger partial charge in [0, 0.05) is 20.2 Å². The Balaban J connectivity index is 1.48. The fourth-order valence-corrected chi connectivity index (χ4v) is 5.38. The van der Waals surface area contributed by atoms with Crippen molar-refractivity contribution in [3.05, 3.63) is 11.6 Å². The molecule has 11 heteroatoms. The number of rotatable bonds is 10. The minimum atomic E-state index is -0.809. The predicted octanol–water partition coefficient (Wildman–Crippen LogP) is 2.77. The van der Waals surface area contributed by atoms with Crippen molar-refractivity contribution in [3.63, 3.8) is 0 Å². The van der Waals surface area contributed by atoms with Gasteiger partial charge in [-0.3, -0.25) is 15.0 Å². The smallest absolute Gasteiger partial charge is 0.414 e. The minimum Gasteiger partial charge on any atom is -0.444 e. The number of carbonyl (C=O) groups excluding carboxylic acids is 3. The number of ether oxygens (including phenoxy) is 5. The molecular formula is C27H45N3O8. The molecule has 2 saturated heterocycles. The van der Waals surface area contributed by atoms with E-state index in [0.717, 1.165) is 12.8 Å². The monoisotopic (exact) mass is 539 g/mol. The topological polar surface area (TPSA) is 131 Å². The third-order valence-corrected chi connectivity index (χ3v) is 7.31. The summed E-state index contributed by atoms with van der Waals surface area (Å²) in [5, 5.41) is 4.94. The van der Waals surface area contributed by atoms with Gasteiger partial charge >= 0.3 is 12.2 Å². The average molecular weight is 540 g/mol. The molecule has 11 nitrogen and oxygen atoms in total. The lowest BCUT2D eigenvalue weighted by Gasteiger charge is -2.42. The molecule has 3 amide bonds. The van der Waals surface area contributed by atoms with Crippen LogP contribution in [-0.2, 0) is 28.5 Å². The maximum atomic E-state index is 12.6. The number of hydrogen-bond donors (Lipinski definition) is 2. The molecule has 38 heavy (non-hydrogen) atoms. The molecule has 2 heterocycles. The van der Waals surface area contributed by atoms with E-state index in [2.05, 4.69) is 37.5 Å². The van der Waals surface area contributed by atoms with Crippen LogP contribution in [0, 0.1) is 5.92 Å². The predicted molar refractivity (Wildman–Crippen MR) is 140 cm³/mol. The Morgan fingerprint density at radius 2 is 1.87 bits per heavy atom. The molecule has 1 saturated carbocycles. The number of methoxy groups -OCH3 is 1. The van der Waals surface area contributed by atoms with E-state index in [0.29, 0.717) is 26.1 Å². The summed E-state index contributed by atoms with van der Waals surface area (Å²) in [7, 11) is 3.32. The van der Waals surface area contributed by atoms with Crippen molar-refractivity contribution in [1.29, 1.82) is 0 Å². The van der Waals surface area contributed by atoms with Crippen molar-refractivity contribution in [2.45, 2.75) is 95.9 Å². The third kappa shape index (κ3) is 7.91. The summed E-state index contributed by atoms with van der Waals surface area (Å²) >= 11 is 0. The zero-order valence-electron chi connectivity index (χ0n) is 24.0. The molecular weight excluding hydrogens is 494 g/mol. The van der Waals surface area contributed by atoms with Gasteiger partial charge in [-0.2, -0.15) is 0 Å². The van der Waals surface area contributed by atoms with Gasteiger partial charge in [0.15, 0.2) is 0 Å². The standard InChI is InChI=1S/C27H45N3O8/c1-17(2)9-10-19-26(6,37-19)22-21(34-8)18(11-12-27(22)16-35-27)36-24(33)29-20(31)15-30(7)14-13-28-23(32)38-25(3,4)5/h9,18-19,21-22H,10-16H2,1-8H3,(H,28,32)(H,29,31,33)/t18?,19-,21?,22?,26+,27+/m1/s1. The summed E-state index contributed by atoms with van der Waals surface area (Å²) in [4.78, 5) is 38.5. The molecule has 0 aromatic heterocycles. The van der Waals surface area contributed by atoms with E-state index in [4.69, 9.17) is 23.7 Å². The van der Waals surface area contributed by atoms with E-state index in [9.17, 15) is 14.4 Å². The van der Waals surface area contributed by atoms with Crippen LogP contribution in [-0.4, -0.2) is 98.5 Å². The summed E-state index contributed by atoms with van der Waals surface area (Å²) in [6.07, 6.45) is 2.04. The molecule has 216 valence electrons. The van der Waals surface area contributed by atoms with Crippen LogP contribution in [0.25, 0.3) is 0 Å². The second kappa shape index (κ2) is 11.9. The first-order chi connectivity index (χ1) is 17.7. The van der Waals surface area contributed by atoms with Crippen molar-refractivity contribution in [3.8, 4) is 0 Å². The van der Waals surface area contributed by atoms with Gasteiger partial charge in [0.2, 0.25) is 5.91 Å². The van der Waals surface area contributed by atoms with Gasteiger partial charge < -0.3 is 29.0 Å². The fraction of sp³-hybridized carbons (Fsp3) is 0.815. The largest absolute Gasteiger partial charge is 0.444 e. The molecule has 3 unspecified atom stereocenters. The number of amides is 3. The SMILES string of the molecule is COC1C(OC(=O)NC(=O)CN(C)CCNC(=O)OC(C)(C)C)CC[C@]2(CO2)C1[C@@]1(C)O[C@@H]1CC=C(C)C. The highest BCUT2D eigenvalue weighted by molar-refractivity contribution is 5.92. The van der Waals surface area contributed by atoms with Crippen LogP contribution in [0.3, 0.4) is 0 Å². The van der Waals surface area contributed by atoms with Crippen LogP contribution >= 0.6 is 0 Å². The Hall–Kier alpha value is -2.21. The quantitative estimate of drug-likeness (QED) is 0.318. The van der Waals surface area contributed by atoms with Gasteiger partial charge in [-0.15, -0.1) is 0 Å². The van der Waals surface area contributed by atoms with Gasteiger partial charge in [0.1, 0.15) is 29.0 Å². The van der Waals surface area contributed by atoms with E-state index < -0.39 is 41.5 Å². The highest BCUT2D eigenvalue weighted by atomic mass is 16.6. The fourth-order valence-electron chi connectivity index (χ4n) is 5.38. The molecule has 0 radical (unpaired) electrons. The Bertz CT molecular complexity index is 908. The zero-order valence-corrected chi connectivity index (χ0v) is 24.0. The van der Waals surface area contributed by atoms with Crippen molar-refractivity contribution >= 4 is 18.1 Å². The van der Waals surface area contributed by atoms with E-state index in [1.165, 1.54) is 5.57 Å². The summed E-state index contributed by atoms with van der Waals surface area (Å²) in [6.45, 7) is 12.8. The van der Waals surface area contributed by atoms with Gasteiger partial charge in [-0.05, 0) is 67.9 Å². The number of imide groups is 1. The molecule has 3 rings (SSSR count). The number of carbonyl (C=O) groups is 3. The van der Waals surface area contributed by atoms with Gasteiger partial charge in [0.25, 0.3) is 0 Å². The van der Waals surface area contributed by atoms with Crippen LogP contribution in [0.15, 0.2) is 11.6 Å². The minimum absolute atomic E-state index is 0.0407. The number of likely N-dealkylation sites (N-methyl/N-ethyl adjacent to an activating group) is 1. The maximum absolute atomic E-state index is 12.6. The highest BCUT2D eigenvalue weighted by Crippen LogP contribution is 2.59. The lowest BCUT2D eigenvalue weighted by molar-refractivity contribution is -0.126. The molecule has 1 aliphatic carbocycles. The Kier molecular flexibility index (Phi) is 9.49. The summed E-state index contributed by atoms with van der Waals surface area (Å²) in [5.41, 5.74) is -0.107. The van der Waals surface area contributed by atoms with E-state index >= 15 is 0 Å². The molecule has 6 atom stereocenters. The first-order valence-electron chi connectivity index (χ1n) is 13.3. The van der Waals surface area contributed by atoms with Crippen molar-refractivity contribution in [2.24, 2.45) is 5.92 Å². The molecule has 0 bridgehead atoms. The second-order valence-electron chi connectivity index (χ2n) is 12.0. The molecule has 3 fully saturated rings. The number of epoxide rings is 2. The number of allylic oxidation sites excluding steroid dienone is 1. The van der Waals surface area contributed by atoms with Gasteiger partial charge in [-0.1, -0.05) is 11.6 Å². The van der Waals surface area contributed by atoms with Crippen LogP contribution in [0.2, 0.25) is 0 Å². The maximum Gasteiger partial charge on any atom is 0.414 e. The van der Waals surface area contributed by atoms with Crippen LogP contribution in [0.1, 0.15) is 60.8 Å². The number of alkyl carbamates (subject to hydrolysis) is 2. The van der Waals surface area contributed by atoms with Crippen LogP contribution < -0.4 is 10.6 Å². The second-order valence-corrected chi connectivity index (χ2v) is 12.0. The zero-order chi connectivity index (χ0) is 28.3. The van der Waals surface area contributed by atoms with E-state index in [1.807, 2.05) is 0 Å². The van der Waals surface area contributed by atoms with E-state index in [-0.39, 0.29) is 24.2 Å². The summed E-state index contributed by atoms with van der Waals surface area (Å²) < 4.78 is 28.9. The first-order valence-corrected chi connectivity index (χ1v) is 13.3. The Morgan fingerprint density at radius 3 is 2.45 bits per heavy atom. The molecule has 0 aromatic carbocycles. The third-order valence-electron chi connectivity index (χ3n) is 7.31. The number of nitrogens with zero attached hydrogens (tertiary/aromatic N) is 1. The first kappa shape index (κ1) is 30.3. The molecule has 3 aliphatic rings. The Labute approximate surface area is 225 Å². The van der Waals surface area contributed by atoms with Crippen molar-refractivity contribution in [2.75, 3.05) is 40.4 Å². The van der Waals surface area contributed by atoms with Gasteiger partial charge in [0.05, 0.1) is 25.2 Å². The number of nitrogens with one attached hydrogen (secondary N) is 2. The average Bonchev–Trinajstić information content (AvgIpc) is 3.69. The lowest BCUT2D eigenvalue weighted by Crippen LogP contribution is -2.56. The van der Waals surface area contributed by atoms with Crippen LogP contribution in [0.4, 0.5) is 9.59 Å². The van der Waals surface area contributed by atoms with Crippen molar-refractivity contribution < 1.29 is 38.1 Å².